The van der Waals surface area contributed by atoms with Crippen molar-refractivity contribution in [2.75, 3.05) is 20.3 Å². The van der Waals surface area contributed by atoms with E-state index in [0.717, 1.165) is 18.0 Å². The third-order valence-corrected chi connectivity index (χ3v) is 3.41. The zero-order valence-electron chi connectivity index (χ0n) is 13.4. The Morgan fingerprint density at radius 1 is 1.20 bits per heavy atom. The quantitative estimate of drug-likeness (QED) is 0.658. The highest BCUT2D eigenvalue weighted by Gasteiger charge is 2.05. The summed E-state index contributed by atoms with van der Waals surface area (Å²) < 4.78 is 11.1. The van der Waals surface area contributed by atoms with Gasteiger partial charge in [-0.25, -0.2) is 0 Å². The molecule has 0 saturated carbocycles. The first-order chi connectivity index (χ1) is 9.67. The lowest BCUT2D eigenvalue weighted by Gasteiger charge is -2.15. The van der Waals surface area contributed by atoms with Gasteiger partial charge in [-0.1, -0.05) is 32.3 Å². The first-order valence-electron chi connectivity index (χ1n) is 7.68. The molecule has 0 spiro atoms. The summed E-state index contributed by atoms with van der Waals surface area (Å²) in [6.07, 6.45) is 5.14. The van der Waals surface area contributed by atoms with E-state index in [4.69, 9.17) is 9.47 Å². The molecule has 1 unspecified atom stereocenters. The van der Waals surface area contributed by atoms with Crippen molar-refractivity contribution in [1.82, 2.24) is 5.32 Å². The summed E-state index contributed by atoms with van der Waals surface area (Å²) in [5, 5.41) is 3.49. The monoisotopic (exact) mass is 279 g/mol. The Kier molecular flexibility index (Phi) is 8.12. The average molecular weight is 279 g/mol. The number of benzene rings is 1. The van der Waals surface area contributed by atoms with Gasteiger partial charge in [-0.15, -0.1) is 0 Å². The number of methoxy groups -OCH3 is 1. The van der Waals surface area contributed by atoms with Crippen LogP contribution in [0.15, 0.2) is 18.2 Å². The second-order valence-electron chi connectivity index (χ2n) is 5.35. The second kappa shape index (κ2) is 9.65. The Morgan fingerprint density at radius 3 is 2.70 bits per heavy atom. The van der Waals surface area contributed by atoms with Crippen LogP contribution in [0.1, 0.15) is 45.1 Å². The molecule has 1 N–H and O–H groups in total. The summed E-state index contributed by atoms with van der Waals surface area (Å²) in [5.41, 5.74) is 1.18. The largest absolute Gasteiger partial charge is 0.493 e. The molecule has 0 aliphatic carbocycles. The number of nitrogens with one attached hydrogen (secondary N) is 1. The average Bonchev–Trinajstić information content (AvgIpc) is 2.45. The summed E-state index contributed by atoms with van der Waals surface area (Å²) in [6, 6.07) is 6.57. The summed E-state index contributed by atoms with van der Waals surface area (Å²) in [5.74, 6) is 1.62. The molecular formula is C17H29NO2. The number of ether oxygens (including phenoxy) is 2. The van der Waals surface area contributed by atoms with E-state index in [0.29, 0.717) is 12.6 Å². The van der Waals surface area contributed by atoms with Crippen LogP contribution in [0.5, 0.6) is 11.5 Å². The number of hydrogen-bond donors (Lipinski definition) is 1. The van der Waals surface area contributed by atoms with Gasteiger partial charge in [0.15, 0.2) is 11.5 Å². The van der Waals surface area contributed by atoms with Crippen LogP contribution in [0.25, 0.3) is 0 Å². The van der Waals surface area contributed by atoms with Crippen molar-refractivity contribution in [3.63, 3.8) is 0 Å². The topological polar surface area (TPSA) is 30.5 Å². The predicted molar refractivity (Wildman–Crippen MR) is 84.8 cm³/mol. The highest BCUT2D eigenvalue weighted by atomic mass is 16.5. The summed E-state index contributed by atoms with van der Waals surface area (Å²) in [7, 11) is 1.68. The molecule has 0 bridgehead atoms. The van der Waals surface area contributed by atoms with Gasteiger partial charge >= 0.3 is 0 Å². The van der Waals surface area contributed by atoms with Crippen LogP contribution < -0.4 is 14.8 Å². The highest BCUT2D eigenvalue weighted by molar-refractivity contribution is 5.42. The highest BCUT2D eigenvalue weighted by Crippen LogP contribution is 2.27. The van der Waals surface area contributed by atoms with Crippen molar-refractivity contribution in [3.05, 3.63) is 23.8 Å². The maximum absolute atomic E-state index is 5.77. The molecular weight excluding hydrogens is 250 g/mol. The van der Waals surface area contributed by atoms with E-state index in [-0.39, 0.29) is 0 Å². The molecule has 0 aromatic heterocycles. The van der Waals surface area contributed by atoms with Crippen molar-refractivity contribution in [2.24, 2.45) is 0 Å². The molecule has 0 fully saturated rings. The van der Waals surface area contributed by atoms with Gasteiger partial charge in [-0.2, -0.15) is 0 Å². The number of rotatable bonds is 10. The van der Waals surface area contributed by atoms with Gasteiger partial charge in [0, 0.05) is 12.6 Å². The Labute approximate surface area is 123 Å². The number of unbranched alkanes of at least 4 members (excludes halogenated alkanes) is 2. The van der Waals surface area contributed by atoms with E-state index in [1.165, 1.54) is 31.2 Å². The smallest absolute Gasteiger partial charge is 0.161 e. The summed E-state index contributed by atoms with van der Waals surface area (Å²) in [4.78, 5) is 0. The van der Waals surface area contributed by atoms with Crippen molar-refractivity contribution in [3.8, 4) is 11.5 Å². The van der Waals surface area contributed by atoms with E-state index in [9.17, 15) is 0 Å². The zero-order chi connectivity index (χ0) is 14.8. The fourth-order valence-electron chi connectivity index (χ4n) is 2.16. The van der Waals surface area contributed by atoms with Gasteiger partial charge in [0.25, 0.3) is 0 Å². The normalized spacial score (nSPS) is 12.2. The summed E-state index contributed by atoms with van der Waals surface area (Å²) in [6.45, 7) is 8.05. The maximum Gasteiger partial charge on any atom is 0.161 e. The third kappa shape index (κ3) is 6.29. The SMILES string of the molecule is CCCCCC(C)NCCOc1ccc(C)cc1OC. The minimum absolute atomic E-state index is 0.560. The molecule has 0 saturated heterocycles. The van der Waals surface area contributed by atoms with Gasteiger partial charge in [-0.3, -0.25) is 0 Å². The first-order valence-corrected chi connectivity index (χ1v) is 7.68. The maximum atomic E-state index is 5.77. The van der Waals surface area contributed by atoms with Crippen LogP contribution in [0.3, 0.4) is 0 Å². The van der Waals surface area contributed by atoms with Crippen LogP contribution in [0, 0.1) is 6.92 Å². The molecule has 0 aliphatic rings. The predicted octanol–water partition coefficient (Wildman–Crippen LogP) is 3.94. The van der Waals surface area contributed by atoms with E-state index < -0.39 is 0 Å². The van der Waals surface area contributed by atoms with E-state index in [2.05, 4.69) is 19.2 Å². The molecule has 3 heteroatoms. The molecule has 1 rings (SSSR count). The van der Waals surface area contributed by atoms with Gasteiger partial charge < -0.3 is 14.8 Å². The standard InChI is InChI=1S/C17H29NO2/c1-5-6-7-8-15(3)18-11-12-20-16-10-9-14(2)13-17(16)19-4/h9-10,13,15,18H,5-8,11-12H2,1-4H3. The lowest BCUT2D eigenvalue weighted by Crippen LogP contribution is -2.30. The zero-order valence-corrected chi connectivity index (χ0v) is 13.4. The van der Waals surface area contributed by atoms with Crippen LogP contribution in [-0.2, 0) is 0 Å². The Hall–Kier alpha value is -1.22. The minimum Gasteiger partial charge on any atom is -0.493 e. The minimum atomic E-state index is 0.560. The molecule has 1 aromatic rings. The van der Waals surface area contributed by atoms with Gasteiger partial charge in [0.05, 0.1) is 7.11 Å². The Balaban J connectivity index is 2.24. The van der Waals surface area contributed by atoms with E-state index in [1.54, 1.807) is 7.11 Å². The Morgan fingerprint density at radius 2 is 2.00 bits per heavy atom. The van der Waals surface area contributed by atoms with Gasteiger partial charge in [-0.05, 0) is 38.0 Å². The van der Waals surface area contributed by atoms with Gasteiger partial charge in [0.2, 0.25) is 0 Å². The molecule has 1 atom stereocenters. The molecule has 0 radical (unpaired) electrons. The van der Waals surface area contributed by atoms with Crippen LogP contribution in [0.4, 0.5) is 0 Å². The number of aryl methyl sites for hydroxylation is 1. The van der Waals surface area contributed by atoms with E-state index in [1.807, 2.05) is 25.1 Å². The molecule has 0 aliphatic heterocycles. The molecule has 1 aromatic carbocycles. The lowest BCUT2D eigenvalue weighted by atomic mass is 10.1. The van der Waals surface area contributed by atoms with Crippen LogP contribution >= 0.6 is 0 Å². The van der Waals surface area contributed by atoms with Crippen molar-refractivity contribution < 1.29 is 9.47 Å². The van der Waals surface area contributed by atoms with Crippen molar-refractivity contribution in [1.29, 1.82) is 0 Å². The fraction of sp³-hybridized carbons (Fsp3) is 0.647. The van der Waals surface area contributed by atoms with Crippen molar-refractivity contribution in [2.45, 2.75) is 52.5 Å². The molecule has 0 heterocycles. The Bertz CT molecular complexity index is 379. The lowest BCUT2D eigenvalue weighted by molar-refractivity contribution is 0.285. The molecule has 20 heavy (non-hydrogen) atoms. The van der Waals surface area contributed by atoms with Gasteiger partial charge in [0.1, 0.15) is 6.61 Å². The van der Waals surface area contributed by atoms with E-state index >= 15 is 0 Å². The summed E-state index contributed by atoms with van der Waals surface area (Å²) >= 11 is 0. The van der Waals surface area contributed by atoms with Crippen molar-refractivity contribution >= 4 is 0 Å². The third-order valence-electron chi connectivity index (χ3n) is 3.41. The first kappa shape index (κ1) is 16.8. The molecule has 114 valence electrons. The molecule has 0 amide bonds. The molecule has 3 nitrogen and oxygen atoms in total. The second-order valence-corrected chi connectivity index (χ2v) is 5.35. The van der Waals surface area contributed by atoms with Crippen LogP contribution in [-0.4, -0.2) is 26.3 Å². The fourth-order valence-corrected chi connectivity index (χ4v) is 2.16. The number of hydrogen-bond acceptors (Lipinski definition) is 3. The van der Waals surface area contributed by atoms with Crippen LogP contribution in [0.2, 0.25) is 0 Å².